The number of nitrogens with zero attached hydrogens (tertiary/aromatic N) is 1. The lowest BCUT2D eigenvalue weighted by Gasteiger charge is -2.09. The molecule has 0 aliphatic rings. The van der Waals surface area contributed by atoms with Gasteiger partial charge in [0.25, 0.3) is 0 Å². The second-order valence-corrected chi connectivity index (χ2v) is 5.36. The summed E-state index contributed by atoms with van der Waals surface area (Å²) in [6, 6.07) is 10.5. The second-order valence-electron chi connectivity index (χ2n) is 4.30. The van der Waals surface area contributed by atoms with E-state index in [1.165, 1.54) is 16.1 Å². The van der Waals surface area contributed by atoms with Gasteiger partial charge in [0.05, 0.1) is 4.88 Å². The van der Waals surface area contributed by atoms with Crippen LogP contribution in [0.5, 0.6) is 0 Å². The Hall–Kier alpha value is -1.19. The lowest BCUT2D eigenvalue weighted by atomic mass is 10.1. The summed E-state index contributed by atoms with van der Waals surface area (Å²) < 4.78 is 2.19. The Labute approximate surface area is 106 Å². The first-order valence-electron chi connectivity index (χ1n) is 5.83. The normalized spacial score (nSPS) is 12.6. The fourth-order valence-corrected chi connectivity index (χ4v) is 2.86. The smallest absolute Gasteiger partial charge is 0.225 e. The molecule has 1 atom stereocenters. The second kappa shape index (κ2) is 5.43. The first kappa shape index (κ1) is 12.3. The Bertz CT molecular complexity index is 478. The van der Waals surface area contributed by atoms with E-state index >= 15 is 0 Å². The lowest BCUT2D eigenvalue weighted by molar-refractivity contribution is -0.725. The Balaban J connectivity index is 2.20. The van der Waals surface area contributed by atoms with Crippen molar-refractivity contribution < 1.29 is 9.67 Å². The molecular weight excluding hydrogens is 230 g/mol. The number of hydrogen-bond donors (Lipinski definition) is 1. The number of hydrogen-bond acceptors (Lipinski definition) is 2. The van der Waals surface area contributed by atoms with Gasteiger partial charge in [0.15, 0.2) is 11.7 Å². The molecule has 2 rings (SSSR count). The van der Waals surface area contributed by atoms with E-state index in [1.54, 1.807) is 11.3 Å². The zero-order chi connectivity index (χ0) is 12.3. The fraction of sp³-hybridized carbons (Fsp3) is 0.357. The molecule has 3 heteroatoms. The van der Waals surface area contributed by atoms with Crippen LogP contribution < -0.4 is 4.57 Å². The van der Waals surface area contributed by atoms with Crippen molar-refractivity contribution in [3.63, 3.8) is 0 Å². The Kier molecular flexibility index (Phi) is 3.92. The van der Waals surface area contributed by atoms with Crippen LogP contribution in [0.1, 0.15) is 22.2 Å². The predicted molar refractivity (Wildman–Crippen MR) is 70.3 cm³/mol. The van der Waals surface area contributed by atoms with Gasteiger partial charge >= 0.3 is 0 Å². The van der Waals surface area contributed by atoms with E-state index < -0.39 is 0 Å². The lowest BCUT2D eigenvalue weighted by Crippen LogP contribution is -2.43. The molecule has 0 bridgehead atoms. The zero-order valence-electron chi connectivity index (χ0n) is 10.3. The molecule has 0 aliphatic carbocycles. The Morgan fingerprint density at radius 1 is 1.24 bits per heavy atom. The molecule has 1 aromatic heterocycles. The average Bonchev–Trinajstić information content (AvgIpc) is 2.69. The molecule has 0 saturated carbocycles. The SMILES string of the molecule is Cc1sc[n+](C(CO)Cc2ccccc2)c1C. The molecule has 0 radical (unpaired) electrons. The van der Waals surface area contributed by atoms with Crippen molar-refractivity contribution in [2.75, 3.05) is 6.61 Å². The van der Waals surface area contributed by atoms with Crippen molar-refractivity contribution in [3.8, 4) is 0 Å². The number of aliphatic hydroxyl groups excluding tert-OH is 1. The topological polar surface area (TPSA) is 24.1 Å². The van der Waals surface area contributed by atoms with E-state index in [2.05, 4.69) is 36.1 Å². The van der Waals surface area contributed by atoms with Gasteiger partial charge in [-0.05, 0) is 12.5 Å². The summed E-state index contributed by atoms with van der Waals surface area (Å²) in [5.74, 6) is 0. The number of rotatable bonds is 4. The highest BCUT2D eigenvalue weighted by Crippen LogP contribution is 2.14. The number of aryl methyl sites for hydroxylation is 1. The van der Waals surface area contributed by atoms with Gasteiger partial charge in [-0.15, -0.1) is 0 Å². The molecule has 0 spiro atoms. The molecule has 0 saturated heterocycles. The monoisotopic (exact) mass is 248 g/mol. The van der Waals surface area contributed by atoms with Gasteiger partial charge in [0.1, 0.15) is 6.61 Å². The maximum Gasteiger partial charge on any atom is 0.225 e. The van der Waals surface area contributed by atoms with E-state index in [-0.39, 0.29) is 12.6 Å². The molecule has 2 aromatic rings. The largest absolute Gasteiger partial charge is 0.389 e. The van der Waals surface area contributed by atoms with Gasteiger partial charge < -0.3 is 5.11 Å². The minimum Gasteiger partial charge on any atom is -0.389 e. The minimum atomic E-state index is 0.141. The van der Waals surface area contributed by atoms with Crippen molar-refractivity contribution in [1.82, 2.24) is 0 Å². The van der Waals surface area contributed by atoms with E-state index in [0.29, 0.717) is 0 Å². The summed E-state index contributed by atoms with van der Waals surface area (Å²) >= 11 is 1.74. The number of benzene rings is 1. The number of aliphatic hydroxyl groups is 1. The summed E-state index contributed by atoms with van der Waals surface area (Å²) in [4.78, 5) is 1.32. The van der Waals surface area contributed by atoms with Gasteiger partial charge in [0, 0.05) is 13.3 Å². The van der Waals surface area contributed by atoms with Crippen molar-refractivity contribution in [3.05, 3.63) is 52.0 Å². The van der Waals surface area contributed by atoms with Crippen LogP contribution in [-0.2, 0) is 6.42 Å². The molecule has 1 N–H and O–H groups in total. The van der Waals surface area contributed by atoms with Crippen LogP contribution in [0.3, 0.4) is 0 Å². The third-order valence-corrected chi connectivity index (χ3v) is 4.14. The van der Waals surface area contributed by atoms with Crippen LogP contribution in [0, 0.1) is 13.8 Å². The van der Waals surface area contributed by atoms with Gasteiger partial charge in [0.2, 0.25) is 5.51 Å². The summed E-state index contributed by atoms with van der Waals surface area (Å²) in [5, 5.41) is 9.56. The summed E-state index contributed by atoms with van der Waals surface area (Å²) in [6.07, 6.45) is 0.874. The molecule has 1 heterocycles. The maximum atomic E-state index is 9.56. The summed E-state index contributed by atoms with van der Waals surface area (Å²) in [5.41, 5.74) is 4.63. The average molecular weight is 248 g/mol. The third-order valence-electron chi connectivity index (χ3n) is 3.16. The highest BCUT2D eigenvalue weighted by atomic mass is 32.1. The Morgan fingerprint density at radius 3 is 2.47 bits per heavy atom. The highest BCUT2D eigenvalue weighted by molar-refractivity contribution is 7.09. The molecule has 0 aliphatic heterocycles. The van der Waals surface area contributed by atoms with Crippen LogP contribution in [0.2, 0.25) is 0 Å². The predicted octanol–water partition coefficient (Wildman–Crippen LogP) is 2.43. The molecule has 17 heavy (non-hydrogen) atoms. The van der Waals surface area contributed by atoms with Crippen LogP contribution in [0.15, 0.2) is 35.8 Å². The first-order chi connectivity index (χ1) is 8.22. The fourth-order valence-electron chi connectivity index (χ4n) is 1.98. The van der Waals surface area contributed by atoms with Crippen molar-refractivity contribution in [1.29, 1.82) is 0 Å². The Morgan fingerprint density at radius 2 is 1.94 bits per heavy atom. The molecule has 1 unspecified atom stereocenters. The van der Waals surface area contributed by atoms with Crippen molar-refractivity contribution in [2.24, 2.45) is 0 Å². The van der Waals surface area contributed by atoms with Crippen molar-refractivity contribution >= 4 is 11.3 Å². The van der Waals surface area contributed by atoms with Gasteiger partial charge in [-0.2, -0.15) is 4.57 Å². The van der Waals surface area contributed by atoms with Gasteiger partial charge in [-0.25, -0.2) is 0 Å². The molecule has 0 fully saturated rings. The summed E-state index contributed by atoms with van der Waals surface area (Å²) in [7, 11) is 0. The van der Waals surface area contributed by atoms with Crippen LogP contribution in [0.4, 0.5) is 0 Å². The zero-order valence-corrected chi connectivity index (χ0v) is 11.1. The van der Waals surface area contributed by atoms with Crippen LogP contribution >= 0.6 is 11.3 Å². The van der Waals surface area contributed by atoms with E-state index in [0.717, 1.165) is 6.42 Å². The maximum absolute atomic E-state index is 9.56. The molecule has 0 amide bonds. The standard InChI is InChI=1S/C14H18NOS/c1-11-12(2)17-10-15(11)14(9-16)8-13-6-4-3-5-7-13/h3-7,10,14,16H,8-9H2,1-2H3/q+1. The minimum absolute atomic E-state index is 0.141. The van der Waals surface area contributed by atoms with E-state index in [1.807, 2.05) is 18.2 Å². The van der Waals surface area contributed by atoms with Gasteiger partial charge in [-0.1, -0.05) is 41.7 Å². The summed E-state index contributed by atoms with van der Waals surface area (Å²) in [6.45, 7) is 4.41. The third kappa shape index (κ3) is 2.73. The van der Waals surface area contributed by atoms with E-state index in [4.69, 9.17) is 0 Å². The molecule has 2 nitrogen and oxygen atoms in total. The van der Waals surface area contributed by atoms with Gasteiger partial charge in [-0.3, -0.25) is 0 Å². The molecular formula is C14H18NOS+. The quantitative estimate of drug-likeness (QED) is 0.826. The number of aromatic nitrogens is 1. The van der Waals surface area contributed by atoms with Crippen molar-refractivity contribution in [2.45, 2.75) is 26.3 Å². The van der Waals surface area contributed by atoms with E-state index in [9.17, 15) is 5.11 Å². The van der Waals surface area contributed by atoms with Crippen LogP contribution in [0.25, 0.3) is 0 Å². The van der Waals surface area contributed by atoms with Crippen LogP contribution in [-0.4, -0.2) is 11.7 Å². The first-order valence-corrected chi connectivity index (χ1v) is 6.71. The molecule has 90 valence electrons. The number of thiazole rings is 1. The molecule has 1 aromatic carbocycles. The highest BCUT2D eigenvalue weighted by Gasteiger charge is 2.23.